The summed E-state index contributed by atoms with van der Waals surface area (Å²) in [6.07, 6.45) is 1.76. The zero-order valence-corrected chi connectivity index (χ0v) is 23.4. The van der Waals surface area contributed by atoms with Gasteiger partial charge in [-0.15, -0.1) is 0 Å². The summed E-state index contributed by atoms with van der Waals surface area (Å²) in [7, 11) is -0.814. The number of aryl methyl sites for hydroxylation is 1. The molecule has 0 saturated carbocycles. The Kier molecular flexibility index (Phi) is 9.31. The Labute approximate surface area is 215 Å². The molecular weight excluding hydrogens is 478 g/mol. The summed E-state index contributed by atoms with van der Waals surface area (Å²) in [4.78, 5) is 27.8. The minimum absolute atomic E-state index is 0.0611. The lowest BCUT2D eigenvalue weighted by molar-refractivity contribution is -0.121. The largest absolute Gasteiger partial charge is 0.507 e. The first-order valence-electron chi connectivity index (χ1n) is 12.1. The van der Waals surface area contributed by atoms with E-state index in [0.717, 1.165) is 16.3 Å². The van der Waals surface area contributed by atoms with Gasteiger partial charge in [0.25, 0.3) is 0 Å². The Morgan fingerprint density at radius 2 is 1.69 bits per heavy atom. The molecule has 198 valence electrons. The smallest absolute Gasteiger partial charge is 0.244 e. The number of rotatable bonds is 9. The summed E-state index contributed by atoms with van der Waals surface area (Å²) in [5, 5.41) is 13.3. The number of hydrogen-bond acceptors (Lipinski definition) is 5. The third kappa shape index (κ3) is 6.64. The van der Waals surface area contributed by atoms with Crippen molar-refractivity contribution in [3.05, 3.63) is 47.0 Å². The van der Waals surface area contributed by atoms with E-state index in [9.17, 15) is 23.1 Å². The van der Waals surface area contributed by atoms with Crippen LogP contribution in [0.5, 0.6) is 5.75 Å². The van der Waals surface area contributed by atoms with Crippen molar-refractivity contribution < 1.29 is 23.1 Å². The van der Waals surface area contributed by atoms with Gasteiger partial charge in [-0.2, -0.15) is 0 Å². The number of unbranched alkanes of at least 4 members (excludes halogenated alkanes) is 1. The molecule has 0 heterocycles. The zero-order chi connectivity index (χ0) is 27.4. The first-order chi connectivity index (χ1) is 16.6. The maximum absolute atomic E-state index is 13.3. The van der Waals surface area contributed by atoms with Crippen molar-refractivity contribution in [1.29, 1.82) is 0 Å². The Morgan fingerprint density at radius 1 is 1.06 bits per heavy atom. The van der Waals surface area contributed by atoms with Crippen LogP contribution >= 0.6 is 0 Å². The van der Waals surface area contributed by atoms with Crippen molar-refractivity contribution in [2.24, 2.45) is 0 Å². The molecule has 0 saturated heterocycles. The number of phenols is 1. The second-order valence-corrected chi connectivity index (χ2v) is 12.4. The highest BCUT2D eigenvalue weighted by atomic mass is 32.2. The van der Waals surface area contributed by atoms with Crippen LogP contribution in [0.3, 0.4) is 0 Å². The van der Waals surface area contributed by atoms with Crippen molar-refractivity contribution in [3.63, 3.8) is 0 Å². The van der Waals surface area contributed by atoms with Crippen molar-refractivity contribution in [3.8, 4) is 5.75 Å². The van der Waals surface area contributed by atoms with Gasteiger partial charge >= 0.3 is 0 Å². The van der Waals surface area contributed by atoms with E-state index in [1.54, 1.807) is 32.0 Å². The van der Waals surface area contributed by atoms with Gasteiger partial charge < -0.3 is 15.3 Å². The monoisotopic (exact) mass is 517 g/mol. The van der Waals surface area contributed by atoms with Crippen LogP contribution in [-0.2, 0) is 25.0 Å². The molecule has 2 amide bonds. The third-order valence-corrected chi connectivity index (χ3v) is 7.90. The summed E-state index contributed by atoms with van der Waals surface area (Å²) in [6.45, 7) is 11.1. The van der Waals surface area contributed by atoms with Crippen LogP contribution in [0.1, 0.15) is 63.6 Å². The molecule has 8 nitrogen and oxygen atoms in total. The molecule has 0 aromatic heterocycles. The fraction of sp³-hybridized carbons (Fsp3) is 0.481. The number of amides is 2. The van der Waals surface area contributed by atoms with Crippen LogP contribution < -0.4 is 10.2 Å². The van der Waals surface area contributed by atoms with E-state index < -0.39 is 15.9 Å². The summed E-state index contributed by atoms with van der Waals surface area (Å²) < 4.78 is 26.6. The summed E-state index contributed by atoms with van der Waals surface area (Å²) in [5.74, 6) is -0.611. The molecule has 0 bridgehead atoms. The van der Waals surface area contributed by atoms with Gasteiger partial charge in [-0.25, -0.2) is 12.7 Å². The standard InChI is InChI=1S/C27H39N3O5S/c1-9-10-11-25(32)30(23-15-12-18(2)26(33)19(23)3)17-24(31)28-22-16-20(36(34,35)29(7)8)13-14-21(22)27(4,5)6/h12-16,33H,9-11,17H2,1-8H3,(H,28,31). The van der Waals surface area contributed by atoms with Crippen molar-refractivity contribution in [2.75, 3.05) is 30.9 Å². The molecule has 0 aliphatic heterocycles. The van der Waals surface area contributed by atoms with E-state index in [-0.39, 0.29) is 34.9 Å². The number of carbonyl (C=O) groups is 2. The second-order valence-electron chi connectivity index (χ2n) is 10.3. The molecule has 2 aromatic carbocycles. The van der Waals surface area contributed by atoms with Gasteiger partial charge in [0.05, 0.1) is 10.6 Å². The van der Waals surface area contributed by atoms with Gasteiger partial charge in [0.15, 0.2) is 0 Å². The maximum atomic E-state index is 13.3. The molecule has 0 aliphatic carbocycles. The average molecular weight is 518 g/mol. The molecule has 0 spiro atoms. The normalized spacial score (nSPS) is 12.0. The Hall–Kier alpha value is -2.91. The fourth-order valence-electron chi connectivity index (χ4n) is 3.87. The Bertz CT molecular complexity index is 1230. The minimum Gasteiger partial charge on any atom is -0.507 e. The number of phenolic OH excluding ortho intramolecular Hbond substituents is 1. The minimum atomic E-state index is -3.71. The molecule has 0 unspecified atom stereocenters. The van der Waals surface area contributed by atoms with E-state index in [4.69, 9.17) is 0 Å². The van der Waals surface area contributed by atoms with Gasteiger partial charge in [0, 0.05) is 31.8 Å². The number of aromatic hydroxyl groups is 1. The molecule has 0 atom stereocenters. The molecule has 0 aliphatic rings. The first kappa shape index (κ1) is 29.3. The second kappa shape index (κ2) is 11.4. The van der Waals surface area contributed by atoms with Gasteiger partial charge in [0.2, 0.25) is 21.8 Å². The predicted molar refractivity (Wildman–Crippen MR) is 144 cm³/mol. The van der Waals surface area contributed by atoms with Gasteiger partial charge in [-0.1, -0.05) is 46.2 Å². The number of benzene rings is 2. The fourth-order valence-corrected chi connectivity index (χ4v) is 4.80. The van der Waals surface area contributed by atoms with Gasteiger partial charge in [0.1, 0.15) is 12.3 Å². The van der Waals surface area contributed by atoms with Crippen LogP contribution in [0.25, 0.3) is 0 Å². The van der Waals surface area contributed by atoms with E-state index in [1.165, 1.54) is 31.1 Å². The van der Waals surface area contributed by atoms with Crippen molar-refractivity contribution >= 4 is 33.2 Å². The number of hydrogen-bond donors (Lipinski definition) is 2. The Balaban J connectivity index is 2.49. The van der Waals surface area contributed by atoms with E-state index in [1.807, 2.05) is 27.7 Å². The SMILES string of the molecule is CCCCC(=O)N(CC(=O)Nc1cc(S(=O)(=O)N(C)C)ccc1C(C)(C)C)c1ccc(C)c(O)c1C. The molecule has 2 N–H and O–H groups in total. The number of sulfonamides is 1. The molecule has 2 rings (SSSR count). The Morgan fingerprint density at radius 3 is 2.25 bits per heavy atom. The zero-order valence-electron chi connectivity index (χ0n) is 22.6. The van der Waals surface area contributed by atoms with Crippen LogP contribution in [0.2, 0.25) is 0 Å². The van der Waals surface area contributed by atoms with E-state index in [2.05, 4.69) is 5.32 Å². The molecule has 0 fully saturated rings. The van der Waals surface area contributed by atoms with Crippen molar-refractivity contribution in [2.45, 2.75) is 71.1 Å². The molecule has 2 aromatic rings. The van der Waals surface area contributed by atoms with E-state index in [0.29, 0.717) is 28.9 Å². The third-order valence-electron chi connectivity index (χ3n) is 6.09. The highest BCUT2D eigenvalue weighted by Gasteiger charge is 2.26. The van der Waals surface area contributed by atoms with Gasteiger partial charge in [-0.05, 0) is 55.0 Å². The highest BCUT2D eigenvalue weighted by molar-refractivity contribution is 7.89. The van der Waals surface area contributed by atoms with Crippen LogP contribution in [0.4, 0.5) is 11.4 Å². The maximum Gasteiger partial charge on any atom is 0.244 e. The molecular formula is C27H39N3O5S. The van der Waals surface area contributed by atoms with Crippen LogP contribution in [0.15, 0.2) is 35.2 Å². The van der Waals surface area contributed by atoms with Crippen LogP contribution in [0, 0.1) is 13.8 Å². The van der Waals surface area contributed by atoms with E-state index >= 15 is 0 Å². The lowest BCUT2D eigenvalue weighted by atomic mass is 9.86. The van der Waals surface area contributed by atoms with Crippen molar-refractivity contribution in [1.82, 2.24) is 4.31 Å². The topological polar surface area (TPSA) is 107 Å². The highest BCUT2D eigenvalue weighted by Crippen LogP contribution is 2.33. The molecule has 36 heavy (non-hydrogen) atoms. The predicted octanol–water partition coefficient (Wildman–Crippen LogP) is 4.72. The quantitative estimate of drug-likeness (QED) is 0.501. The number of nitrogens with one attached hydrogen (secondary N) is 1. The number of nitrogens with zero attached hydrogens (tertiary/aromatic N) is 2. The number of carbonyl (C=O) groups excluding carboxylic acids is 2. The number of anilines is 2. The lowest BCUT2D eigenvalue weighted by Crippen LogP contribution is -2.38. The van der Waals surface area contributed by atoms with Crippen LogP contribution in [-0.4, -0.2) is 50.3 Å². The summed E-state index contributed by atoms with van der Waals surface area (Å²) in [6, 6.07) is 8.14. The lowest BCUT2D eigenvalue weighted by Gasteiger charge is -2.27. The summed E-state index contributed by atoms with van der Waals surface area (Å²) in [5.41, 5.74) is 2.42. The average Bonchev–Trinajstić information content (AvgIpc) is 2.79. The van der Waals surface area contributed by atoms with Gasteiger partial charge in [-0.3, -0.25) is 9.59 Å². The molecule has 0 radical (unpaired) electrons. The molecule has 9 heteroatoms. The first-order valence-corrected chi connectivity index (χ1v) is 13.5. The summed E-state index contributed by atoms with van der Waals surface area (Å²) >= 11 is 0.